The van der Waals surface area contributed by atoms with E-state index in [9.17, 15) is 14.0 Å². The lowest BCUT2D eigenvalue weighted by Gasteiger charge is -2.02. The Morgan fingerprint density at radius 3 is 2.33 bits per heavy atom. The Labute approximate surface area is 102 Å². The molecule has 0 atom stereocenters. The first kappa shape index (κ1) is 11.9. The average Bonchev–Trinajstić information content (AvgIpc) is 2.40. The molecule has 0 radical (unpaired) electrons. The van der Waals surface area contributed by atoms with Crippen molar-refractivity contribution < 1.29 is 18.7 Å². The largest absolute Gasteiger partial charge is 0.385 e. The predicted molar refractivity (Wildman–Crippen MR) is 60.4 cm³/mol. The molecule has 2 aromatic rings. The van der Waals surface area contributed by atoms with Gasteiger partial charge in [-0.05, 0) is 36.4 Å². The van der Waals surface area contributed by atoms with Gasteiger partial charge >= 0.3 is 11.9 Å². The number of ether oxygens (including phenoxy) is 1. The van der Waals surface area contributed by atoms with Crippen molar-refractivity contribution >= 4 is 11.9 Å². The van der Waals surface area contributed by atoms with Crippen LogP contribution in [-0.4, -0.2) is 16.9 Å². The van der Waals surface area contributed by atoms with Gasteiger partial charge in [0.15, 0.2) is 0 Å². The van der Waals surface area contributed by atoms with E-state index in [2.05, 4.69) is 9.72 Å². The van der Waals surface area contributed by atoms with Crippen molar-refractivity contribution in [1.82, 2.24) is 4.98 Å². The summed E-state index contributed by atoms with van der Waals surface area (Å²) in [6.07, 6.45) is 1.42. The molecule has 0 aliphatic carbocycles. The fourth-order valence-corrected chi connectivity index (χ4v) is 1.26. The predicted octanol–water partition coefficient (Wildman–Crippen LogP) is 2.22. The fourth-order valence-electron chi connectivity index (χ4n) is 1.26. The first-order valence-corrected chi connectivity index (χ1v) is 5.10. The maximum Gasteiger partial charge on any atom is 0.364 e. The van der Waals surface area contributed by atoms with Crippen LogP contribution in [0.5, 0.6) is 0 Å². The molecule has 0 aliphatic rings. The van der Waals surface area contributed by atoms with Crippen LogP contribution in [0.3, 0.4) is 0 Å². The van der Waals surface area contributed by atoms with E-state index in [4.69, 9.17) is 0 Å². The second-order valence-corrected chi connectivity index (χ2v) is 3.40. The quantitative estimate of drug-likeness (QED) is 0.601. The molecule has 0 aliphatic heterocycles. The van der Waals surface area contributed by atoms with E-state index < -0.39 is 17.8 Å². The molecular weight excluding hydrogens is 237 g/mol. The van der Waals surface area contributed by atoms with E-state index in [0.717, 1.165) is 12.1 Å². The van der Waals surface area contributed by atoms with E-state index in [0.29, 0.717) is 0 Å². The Hall–Kier alpha value is -2.56. The van der Waals surface area contributed by atoms with Gasteiger partial charge in [-0.2, -0.15) is 0 Å². The van der Waals surface area contributed by atoms with Crippen LogP contribution in [0.15, 0.2) is 48.7 Å². The van der Waals surface area contributed by atoms with Crippen LogP contribution in [0.2, 0.25) is 0 Å². The van der Waals surface area contributed by atoms with Gasteiger partial charge in [-0.15, -0.1) is 0 Å². The Morgan fingerprint density at radius 1 is 1.00 bits per heavy atom. The molecule has 18 heavy (non-hydrogen) atoms. The SMILES string of the molecule is O=C(OC(=O)c1ccccn1)c1ccc(F)cc1. The second kappa shape index (κ2) is 5.18. The number of nitrogens with zero attached hydrogens (tertiary/aromatic N) is 1. The summed E-state index contributed by atoms with van der Waals surface area (Å²) in [6, 6.07) is 9.38. The zero-order valence-corrected chi connectivity index (χ0v) is 9.17. The molecule has 0 N–H and O–H groups in total. The highest BCUT2D eigenvalue weighted by Crippen LogP contribution is 2.06. The van der Waals surface area contributed by atoms with Crippen molar-refractivity contribution in [2.45, 2.75) is 0 Å². The number of halogens is 1. The molecular formula is C13H8FNO3. The normalized spacial score (nSPS) is 9.83. The van der Waals surface area contributed by atoms with Gasteiger partial charge in [-0.25, -0.2) is 19.0 Å². The summed E-state index contributed by atoms with van der Waals surface area (Å²) < 4.78 is 17.2. The summed E-state index contributed by atoms with van der Waals surface area (Å²) in [6.45, 7) is 0. The lowest BCUT2D eigenvalue weighted by atomic mass is 10.2. The third-order valence-electron chi connectivity index (χ3n) is 2.14. The smallest absolute Gasteiger partial charge is 0.364 e. The van der Waals surface area contributed by atoms with Crippen LogP contribution >= 0.6 is 0 Å². The van der Waals surface area contributed by atoms with Gasteiger partial charge in [0, 0.05) is 6.20 Å². The molecule has 0 amide bonds. The summed E-state index contributed by atoms with van der Waals surface area (Å²) in [7, 11) is 0. The van der Waals surface area contributed by atoms with Crippen LogP contribution in [0, 0.1) is 5.82 Å². The molecule has 0 spiro atoms. The first-order valence-electron chi connectivity index (χ1n) is 5.10. The molecule has 4 nitrogen and oxygen atoms in total. The topological polar surface area (TPSA) is 56.3 Å². The standard InChI is InChI=1S/C13H8FNO3/c14-10-6-4-9(5-7-10)12(16)18-13(17)11-3-1-2-8-15-11/h1-8H. The van der Waals surface area contributed by atoms with Gasteiger partial charge < -0.3 is 4.74 Å². The highest BCUT2D eigenvalue weighted by atomic mass is 19.1. The van der Waals surface area contributed by atoms with Crippen molar-refractivity contribution in [2.24, 2.45) is 0 Å². The van der Waals surface area contributed by atoms with E-state index in [-0.39, 0.29) is 11.3 Å². The zero-order valence-electron chi connectivity index (χ0n) is 9.17. The maximum atomic E-state index is 12.6. The molecule has 0 fully saturated rings. The highest BCUT2D eigenvalue weighted by molar-refractivity contribution is 6.01. The third-order valence-corrected chi connectivity index (χ3v) is 2.14. The lowest BCUT2D eigenvalue weighted by molar-refractivity contribution is 0.0393. The fraction of sp³-hybridized carbons (Fsp3) is 0. The summed E-state index contributed by atoms with van der Waals surface area (Å²) in [5, 5.41) is 0. The van der Waals surface area contributed by atoms with E-state index in [1.54, 1.807) is 12.1 Å². The van der Waals surface area contributed by atoms with Crippen LogP contribution in [-0.2, 0) is 4.74 Å². The third kappa shape index (κ3) is 2.76. The number of carbonyl (C=O) groups is 2. The van der Waals surface area contributed by atoms with E-state index in [1.807, 2.05) is 0 Å². The number of hydrogen-bond donors (Lipinski definition) is 0. The Balaban J connectivity index is 2.08. The minimum atomic E-state index is -0.843. The van der Waals surface area contributed by atoms with Crippen molar-refractivity contribution in [2.75, 3.05) is 0 Å². The molecule has 1 heterocycles. The zero-order chi connectivity index (χ0) is 13.0. The first-order chi connectivity index (χ1) is 8.66. The number of benzene rings is 1. The van der Waals surface area contributed by atoms with Crippen LogP contribution in [0.1, 0.15) is 20.8 Å². The van der Waals surface area contributed by atoms with Crippen molar-refractivity contribution in [3.63, 3.8) is 0 Å². The molecule has 0 bridgehead atoms. The summed E-state index contributed by atoms with van der Waals surface area (Å²) in [4.78, 5) is 26.8. The van der Waals surface area contributed by atoms with Gasteiger partial charge in [-0.3, -0.25) is 0 Å². The van der Waals surface area contributed by atoms with Crippen molar-refractivity contribution in [1.29, 1.82) is 0 Å². The van der Waals surface area contributed by atoms with Crippen LogP contribution in [0.4, 0.5) is 4.39 Å². The number of aromatic nitrogens is 1. The molecule has 0 unspecified atom stereocenters. The molecule has 1 aromatic heterocycles. The van der Waals surface area contributed by atoms with E-state index >= 15 is 0 Å². The molecule has 5 heteroatoms. The van der Waals surface area contributed by atoms with Gasteiger partial charge in [0.05, 0.1) is 5.56 Å². The van der Waals surface area contributed by atoms with E-state index in [1.165, 1.54) is 24.4 Å². The van der Waals surface area contributed by atoms with Gasteiger partial charge in [0.1, 0.15) is 11.5 Å². The molecule has 0 saturated carbocycles. The van der Waals surface area contributed by atoms with Crippen LogP contribution in [0.25, 0.3) is 0 Å². The second-order valence-electron chi connectivity index (χ2n) is 3.40. The Kier molecular flexibility index (Phi) is 3.43. The molecule has 0 saturated heterocycles. The van der Waals surface area contributed by atoms with Gasteiger partial charge in [0.25, 0.3) is 0 Å². The highest BCUT2D eigenvalue weighted by Gasteiger charge is 2.15. The minimum Gasteiger partial charge on any atom is -0.385 e. The number of hydrogen-bond acceptors (Lipinski definition) is 4. The van der Waals surface area contributed by atoms with Gasteiger partial charge in [0.2, 0.25) is 0 Å². The molecule has 2 rings (SSSR count). The average molecular weight is 245 g/mol. The molecule has 90 valence electrons. The van der Waals surface area contributed by atoms with Gasteiger partial charge in [-0.1, -0.05) is 6.07 Å². The number of carbonyl (C=O) groups excluding carboxylic acids is 2. The minimum absolute atomic E-state index is 0.0351. The molecule has 1 aromatic carbocycles. The summed E-state index contributed by atoms with van der Waals surface area (Å²) in [5.41, 5.74) is 0.133. The number of rotatable bonds is 2. The lowest BCUT2D eigenvalue weighted by Crippen LogP contribution is -2.13. The van der Waals surface area contributed by atoms with Crippen molar-refractivity contribution in [3.05, 3.63) is 65.7 Å². The Bertz CT molecular complexity index is 567. The Morgan fingerprint density at radius 2 is 1.72 bits per heavy atom. The van der Waals surface area contributed by atoms with Crippen LogP contribution < -0.4 is 0 Å². The summed E-state index contributed by atoms with van der Waals surface area (Å²) in [5.74, 6) is -2.15. The maximum absolute atomic E-state index is 12.6. The number of esters is 2. The van der Waals surface area contributed by atoms with Crippen molar-refractivity contribution in [3.8, 4) is 0 Å². The number of pyridine rings is 1. The monoisotopic (exact) mass is 245 g/mol. The summed E-state index contributed by atoms with van der Waals surface area (Å²) >= 11 is 0.